The van der Waals surface area contributed by atoms with Crippen LogP contribution >= 0.6 is 0 Å². The van der Waals surface area contributed by atoms with Crippen molar-refractivity contribution in [3.05, 3.63) is 120 Å². The zero-order valence-corrected chi connectivity index (χ0v) is 24.0. The Kier molecular flexibility index (Phi) is 6.07. The predicted molar refractivity (Wildman–Crippen MR) is 162 cm³/mol. The van der Waals surface area contributed by atoms with Gasteiger partial charge in [0, 0.05) is 0 Å². The molecule has 1 fully saturated rings. The van der Waals surface area contributed by atoms with Gasteiger partial charge in [-0.3, -0.25) is 0 Å². The number of aryl methyl sites for hydroxylation is 4. The van der Waals surface area contributed by atoms with Crippen LogP contribution in [0.5, 0.6) is 0 Å². The summed E-state index contributed by atoms with van der Waals surface area (Å²) in [6, 6.07) is 32.3. The van der Waals surface area contributed by atoms with Crippen LogP contribution in [0.3, 0.4) is 0 Å². The van der Waals surface area contributed by atoms with Gasteiger partial charge in [-0.1, -0.05) is 36.4 Å². The third-order valence-corrected chi connectivity index (χ3v) is 8.70. The average Bonchev–Trinajstić information content (AvgIpc) is 3.52. The maximum Gasteiger partial charge on any atom is 0.250 e. The lowest BCUT2D eigenvalue weighted by atomic mass is 9.89. The SMILES string of the molecule is Cc1cc(C)cc(-n2c[n+]([C@@H]3CCCC[C@H]3[n+]3cn(-c4cc(C)cc(C)c4)c4ccccc43)c3ccccc32)c1. The monoisotopic (exact) mass is 526 g/mol. The number of fused-ring (bicyclic) bond motifs is 2. The topological polar surface area (TPSA) is 17.6 Å². The molecule has 4 aromatic carbocycles. The van der Waals surface area contributed by atoms with Crippen molar-refractivity contribution in [2.24, 2.45) is 0 Å². The number of hydrogen-bond acceptors (Lipinski definition) is 0. The molecule has 1 aliphatic rings. The molecule has 7 rings (SSSR count). The molecular weight excluding hydrogens is 488 g/mol. The van der Waals surface area contributed by atoms with Crippen molar-refractivity contribution in [3.8, 4) is 11.4 Å². The van der Waals surface area contributed by atoms with E-state index in [-0.39, 0.29) is 0 Å². The Labute approximate surface area is 236 Å². The van der Waals surface area contributed by atoms with Gasteiger partial charge >= 0.3 is 0 Å². The fourth-order valence-electron chi connectivity index (χ4n) is 7.13. The van der Waals surface area contributed by atoms with Gasteiger partial charge < -0.3 is 0 Å². The van der Waals surface area contributed by atoms with E-state index in [1.807, 2.05) is 0 Å². The Morgan fingerprint density at radius 3 is 1.30 bits per heavy atom. The minimum absolute atomic E-state index is 0.370. The van der Waals surface area contributed by atoms with Crippen LogP contribution in [0.4, 0.5) is 0 Å². The molecule has 40 heavy (non-hydrogen) atoms. The summed E-state index contributed by atoms with van der Waals surface area (Å²) in [7, 11) is 0. The summed E-state index contributed by atoms with van der Waals surface area (Å²) >= 11 is 0. The van der Waals surface area contributed by atoms with Crippen molar-refractivity contribution in [1.82, 2.24) is 9.13 Å². The number of aromatic nitrogens is 4. The Bertz CT molecular complexity index is 1690. The second kappa shape index (κ2) is 9.78. The number of rotatable bonds is 4. The highest BCUT2D eigenvalue weighted by atomic mass is 15.2. The Morgan fingerprint density at radius 1 is 0.525 bits per heavy atom. The molecule has 0 unspecified atom stereocenters. The van der Waals surface area contributed by atoms with E-state index in [9.17, 15) is 0 Å². The first-order valence-electron chi connectivity index (χ1n) is 14.7. The van der Waals surface area contributed by atoms with Gasteiger partial charge in [0.05, 0.1) is 0 Å². The van der Waals surface area contributed by atoms with Gasteiger partial charge in [0.1, 0.15) is 23.5 Å². The van der Waals surface area contributed by atoms with E-state index in [1.54, 1.807) is 0 Å². The number of nitrogens with zero attached hydrogens (tertiary/aromatic N) is 4. The molecule has 0 amide bonds. The van der Waals surface area contributed by atoms with Crippen LogP contribution < -0.4 is 9.13 Å². The number of benzene rings is 4. The van der Waals surface area contributed by atoms with Crippen molar-refractivity contribution < 1.29 is 9.13 Å². The Morgan fingerprint density at radius 2 is 0.900 bits per heavy atom. The fraction of sp³-hybridized carbons (Fsp3) is 0.278. The lowest BCUT2D eigenvalue weighted by Gasteiger charge is -2.27. The van der Waals surface area contributed by atoms with Gasteiger partial charge in [0.2, 0.25) is 12.7 Å². The maximum absolute atomic E-state index is 2.58. The average molecular weight is 527 g/mol. The van der Waals surface area contributed by atoms with Gasteiger partial charge in [-0.25, -0.2) is 9.13 Å². The van der Waals surface area contributed by atoms with E-state index in [1.165, 1.54) is 81.4 Å². The van der Waals surface area contributed by atoms with Crippen LogP contribution in [-0.2, 0) is 0 Å². The molecular formula is C36H38N4+2. The van der Waals surface area contributed by atoms with Gasteiger partial charge in [-0.2, -0.15) is 9.13 Å². The predicted octanol–water partition coefficient (Wildman–Crippen LogP) is 7.74. The lowest BCUT2D eigenvalue weighted by Crippen LogP contribution is -2.53. The molecule has 0 aliphatic heterocycles. The highest BCUT2D eigenvalue weighted by molar-refractivity contribution is 5.75. The molecule has 0 spiro atoms. The summed E-state index contributed by atoms with van der Waals surface area (Å²) < 4.78 is 9.94. The minimum atomic E-state index is 0.370. The number of para-hydroxylation sites is 4. The zero-order chi connectivity index (χ0) is 27.4. The van der Waals surface area contributed by atoms with Crippen molar-refractivity contribution >= 4 is 22.1 Å². The fourth-order valence-corrected chi connectivity index (χ4v) is 7.13. The van der Waals surface area contributed by atoms with Gasteiger partial charge in [-0.05, 0) is 124 Å². The first-order chi connectivity index (χ1) is 19.5. The van der Waals surface area contributed by atoms with Crippen molar-refractivity contribution in [1.29, 1.82) is 0 Å². The van der Waals surface area contributed by atoms with Crippen molar-refractivity contribution in [2.75, 3.05) is 0 Å². The van der Waals surface area contributed by atoms with E-state index in [0.29, 0.717) is 12.1 Å². The van der Waals surface area contributed by atoms with Crippen LogP contribution in [0.1, 0.15) is 60.0 Å². The minimum Gasteiger partial charge on any atom is -0.222 e. The molecule has 1 saturated carbocycles. The second-order valence-corrected chi connectivity index (χ2v) is 11.9. The van der Waals surface area contributed by atoms with Crippen molar-refractivity contribution in [2.45, 2.75) is 65.5 Å². The molecule has 4 heteroatoms. The molecule has 2 heterocycles. The third-order valence-electron chi connectivity index (χ3n) is 8.70. The summed E-state index contributed by atoms with van der Waals surface area (Å²) in [5.41, 5.74) is 12.8. The van der Waals surface area contributed by atoms with Crippen LogP contribution in [0.25, 0.3) is 33.4 Å². The molecule has 2 atom stereocenters. The summed E-state index contributed by atoms with van der Waals surface area (Å²) in [5.74, 6) is 0. The van der Waals surface area contributed by atoms with E-state index in [0.717, 1.165) is 0 Å². The van der Waals surface area contributed by atoms with Crippen molar-refractivity contribution in [3.63, 3.8) is 0 Å². The zero-order valence-electron chi connectivity index (χ0n) is 24.0. The summed E-state index contributed by atoms with van der Waals surface area (Å²) in [6.07, 6.45) is 9.59. The summed E-state index contributed by atoms with van der Waals surface area (Å²) in [5, 5.41) is 0. The van der Waals surface area contributed by atoms with Gasteiger partial charge in [0.15, 0.2) is 22.1 Å². The van der Waals surface area contributed by atoms with E-state index in [4.69, 9.17) is 0 Å². The first kappa shape index (κ1) is 24.8. The summed E-state index contributed by atoms with van der Waals surface area (Å²) in [6.45, 7) is 8.76. The molecule has 0 saturated heterocycles. The van der Waals surface area contributed by atoms with Crippen LogP contribution in [0.15, 0.2) is 97.6 Å². The molecule has 1 aliphatic carbocycles. The highest BCUT2D eigenvalue weighted by Gasteiger charge is 2.38. The standard InChI is InChI=1S/C36H38N4/c1-25-17-26(2)20-29(19-25)37-23-39(33-13-7-5-11-31(33)37)35-15-9-10-16-36(35)40-24-38(32-12-6-8-14-34(32)40)30-21-27(3)18-28(4)22-30/h5-8,11-14,17-24,35-36H,9-10,15-16H2,1-4H3/q+2/t35-,36-/m1/s1. The van der Waals surface area contributed by atoms with Gasteiger partial charge in [0.25, 0.3) is 0 Å². The molecule has 0 radical (unpaired) electrons. The van der Waals surface area contributed by atoms with Crippen LogP contribution in [-0.4, -0.2) is 9.13 Å². The third kappa shape index (κ3) is 4.23. The maximum atomic E-state index is 2.58. The normalized spacial score (nSPS) is 17.6. The molecule has 6 aromatic rings. The molecule has 4 nitrogen and oxygen atoms in total. The molecule has 0 N–H and O–H groups in total. The molecule has 0 bridgehead atoms. The molecule has 200 valence electrons. The van der Waals surface area contributed by atoms with Gasteiger partial charge in [-0.15, -0.1) is 0 Å². The smallest absolute Gasteiger partial charge is 0.222 e. The number of imidazole rings is 2. The second-order valence-electron chi connectivity index (χ2n) is 11.9. The highest BCUT2D eigenvalue weighted by Crippen LogP contribution is 2.34. The van der Waals surface area contributed by atoms with E-state index in [2.05, 4.69) is 144 Å². The Balaban J connectivity index is 1.40. The summed E-state index contributed by atoms with van der Waals surface area (Å²) in [4.78, 5) is 0. The van der Waals surface area contributed by atoms with Crippen LogP contribution in [0.2, 0.25) is 0 Å². The molecule has 2 aromatic heterocycles. The Hall–Kier alpha value is -4.18. The van der Waals surface area contributed by atoms with E-state index >= 15 is 0 Å². The first-order valence-corrected chi connectivity index (χ1v) is 14.7. The van der Waals surface area contributed by atoms with E-state index < -0.39 is 0 Å². The van der Waals surface area contributed by atoms with Crippen LogP contribution in [0, 0.1) is 27.7 Å². The quantitative estimate of drug-likeness (QED) is 0.209. The largest absolute Gasteiger partial charge is 0.250 e. The lowest BCUT2D eigenvalue weighted by molar-refractivity contribution is -0.798. The number of hydrogen-bond donors (Lipinski definition) is 0.